The fourth-order valence-electron chi connectivity index (χ4n) is 1.70. The Morgan fingerprint density at radius 1 is 1.33 bits per heavy atom. The van der Waals surface area contributed by atoms with Gasteiger partial charge in [0.1, 0.15) is 5.76 Å². The van der Waals surface area contributed by atoms with Gasteiger partial charge >= 0.3 is 5.97 Å². The smallest absolute Gasteiger partial charge is 0.374 e. The monoisotopic (exact) mass is 308 g/mol. The lowest BCUT2D eigenvalue weighted by molar-refractivity contribution is 0.0491. The number of furan rings is 1. The second kappa shape index (κ2) is 5.40. The van der Waals surface area contributed by atoms with Crippen LogP contribution in [0.4, 0.5) is 0 Å². The number of aryl methyl sites for hydroxylation is 1. The largest absolute Gasteiger partial charge is 0.460 e. The normalized spacial score (nSPS) is 10.4. The van der Waals surface area contributed by atoms with E-state index in [-0.39, 0.29) is 5.76 Å². The molecule has 2 aromatic rings. The van der Waals surface area contributed by atoms with Crippen LogP contribution in [0.25, 0.3) is 11.3 Å². The number of carbonyl (C=O) groups is 1. The van der Waals surface area contributed by atoms with Gasteiger partial charge in [0.15, 0.2) is 0 Å². The Balaban J connectivity index is 2.32. The van der Waals surface area contributed by atoms with Gasteiger partial charge in [-0.2, -0.15) is 0 Å². The third-order valence-electron chi connectivity index (χ3n) is 2.54. The lowest BCUT2D eigenvalue weighted by Crippen LogP contribution is -2.02. The van der Waals surface area contributed by atoms with E-state index in [0.29, 0.717) is 12.4 Å². The highest BCUT2D eigenvalue weighted by Gasteiger charge is 2.14. The summed E-state index contributed by atoms with van der Waals surface area (Å²) in [5.74, 6) is 0.468. The van der Waals surface area contributed by atoms with Crippen molar-refractivity contribution in [2.75, 3.05) is 6.61 Å². The fourth-order valence-corrected chi connectivity index (χ4v) is 2.17. The molecule has 0 saturated heterocycles. The van der Waals surface area contributed by atoms with Crippen molar-refractivity contribution in [2.24, 2.45) is 0 Å². The van der Waals surface area contributed by atoms with Crippen molar-refractivity contribution in [1.82, 2.24) is 0 Å². The number of hydrogen-bond donors (Lipinski definition) is 0. The van der Waals surface area contributed by atoms with Crippen LogP contribution in [0.5, 0.6) is 0 Å². The molecular formula is C14H13BrO3. The summed E-state index contributed by atoms with van der Waals surface area (Å²) in [5.41, 5.74) is 2.04. The fraction of sp³-hybridized carbons (Fsp3) is 0.214. The third-order valence-corrected chi connectivity index (χ3v) is 3.03. The van der Waals surface area contributed by atoms with Gasteiger partial charge < -0.3 is 9.15 Å². The zero-order valence-corrected chi connectivity index (χ0v) is 11.8. The standard InChI is InChI=1S/C14H13BrO3/c1-3-17-14(16)13-7-6-12(18-13)11-5-4-10(15)8-9(11)2/h4-8H,3H2,1-2H3. The van der Waals surface area contributed by atoms with E-state index in [2.05, 4.69) is 15.9 Å². The summed E-state index contributed by atoms with van der Waals surface area (Å²) in [6, 6.07) is 9.31. The van der Waals surface area contributed by atoms with Crippen LogP contribution in [0, 0.1) is 6.92 Å². The first-order valence-electron chi connectivity index (χ1n) is 5.65. The molecule has 0 fully saturated rings. The molecule has 1 aromatic heterocycles. The van der Waals surface area contributed by atoms with Gasteiger partial charge in [0, 0.05) is 10.0 Å². The van der Waals surface area contributed by atoms with E-state index in [4.69, 9.17) is 9.15 Å². The molecule has 0 amide bonds. The Hall–Kier alpha value is -1.55. The lowest BCUT2D eigenvalue weighted by Gasteiger charge is -2.03. The maximum Gasteiger partial charge on any atom is 0.374 e. The molecule has 0 saturated carbocycles. The van der Waals surface area contributed by atoms with E-state index in [9.17, 15) is 4.79 Å². The predicted molar refractivity (Wildman–Crippen MR) is 72.5 cm³/mol. The zero-order valence-electron chi connectivity index (χ0n) is 10.2. The van der Waals surface area contributed by atoms with Crippen molar-refractivity contribution in [3.63, 3.8) is 0 Å². The molecule has 0 radical (unpaired) electrons. The van der Waals surface area contributed by atoms with E-state index in [1.54, 1.807) is 19.1 Å². The second-order valence-electron chi connectivity index (χ2n) is 3.84. The highest BCUT2D eigenvalue weighted by molar-refractivity contribution is 9.10. The van der Waals surface area contributed by atoms with Crippen molar-refractivity contribution < 1.29 is 13.9 Å². The minimum atomic E-state index is -0.432. The van der Waals surface area contributed by atoms with Crippen molar-refractivity contribution >= 4 is 21.9 Å². The zero-order chi connectivity index (χ0) is 13.1. The van der Waals surface area contributed by atoms with Crippen molar-refractivity contribution in [2.45, 2.75) is 13.8 Å². The van der Waals surface area contributed by atoms with Crippen LogP contribution in [0.3, 0.4) is 0 Å². The molecule has 0 atom stereocenters. The second-order valence-corrected chi connectivity index (χ2v) is 4.76. The van der Waals surface area contributed by atoms with Gasteiger partial charge in [-0.05, 0) is 49.7 Å². The molecule has 0 aliphatic carbocycles. The molecule has 1 heterocycles. The molecule has 18 heavy (non-hydrogen) atoms. The van der Waals surface area contributed by atoms with Crippen LogP contribution in [0.15, 0.2) is 39.2 Å². The van der Waals surface area contributed by atoms with Gasteiger partial charge in [-0.15, -0.1) is 0 Å². The van der Waals surface area contributed by atoms with E-state index in [0.717, 1.165) is 15.6 Å². The summed E-state index contributed by atoms with van der Waals surface area (Å²) in [5, 5.41) is 0. The first-order valence-corrected chi connectivity index (χ1v) is 6.44. The molecule has 3 nitrogen and oxygen atoms in total. The average Bonchev–Trinajstić information content (AvgIpc) is 2.78. The van der Waals surface area contributed by atoms with Crippen molar-refractivity contribution in [3.8, 4) is 11.3 Å². The maximum atomic E-state index is 11.5. The first kappa shape index (κ1) is 12.9. The summed E-state index contributed by atoms with van der Waals surface area (Å²) in [4.78, 5) is 11.5. The molecule has 1 aromatic carbocycles. The summed E-state index contributed by atoms with van der Waals surface area (Å²) in [6.07, 6.45) is 0. The van der Waals surface area contributed by atoms with Gasteiger partial charge in [0.25, 0.3) is 0 Å². The van der Waals surface area contributed by atoms with Crippen LogP contribution < -0.4 is 0 Å². The molecule has 0 unspecified atom stereocenters. The van der Waals surface area contributed by atoms with Gasteiger partial charge in [-0.1, -0.05) is 15.9 Å². The summed E-state index contributed by atoms with van der Waals surface area (Å²) < 4.78 is 11.4. The molecule has 0 bridgehead atoms. The number of carbonyl (C=O) groups excluding carboxylic acids is 1. The van der Waals surface area contributed by atoms with Crippen LogP contribution >= 0.6 is 15.9 Å². The Morgan fingerprint density at radius 2 is 2.11 bits per heavy atom. The van der Waals surface area contributed by atoms with Gasteiger partial charge in [0.05, 0.1) is 6.61 Å². The minimum absolute atomic E-state index is 0.231. The van der Waals surface area contributed by atoms with Crippen LogP contribution in [0.2, 0.25) is 0 Å². The van der Waals surface area contributed by atoms with E-state index in [1.807, 2.05) is 25.1 Å². The summed E-state index contributed by atoms with van der Waals surface area (Å²) in [6.45, 7) is 4.10. The number of esters is 1. The van der Waals surface area contributed by atoms with Crippen LogP contribution in [-0.4, -0.2) is 12.6 Å². The SMILES string of the molecule is CCOC(=O)c1ccc(-c2ccc(Br)cc2C)o1. The number of ether oxygens (including phenoxy) is 1. The van der Waals surface area contributed by atoms with Crippen molar-refractivity contribution in [3.05, 3.63) is 46.1 Å². The Labute approximate surface area is 114 Å². The van der Waals surface area contributed by atoms with Gasteiger partial charge in [-0.3, -0.25) is 0 Å². The minimum Gasteiger partial charge on any atom is -0.460 e. The van der Waals surface area contributed by atoms with E-state index in [1.165, 1.54) is 0 Å². The number of halogens is 1. The topological polar surface area (TPSA) is 39.4 Å². The molecule has 0 spiro atoms. The van der Waals surface area contributed by atoms with Crippen molar-refractivity contribution in [1.29, 1.82) is 0 Å². The average molecular weight is 309 g/mol. The maximum absolute atomic E-state index is 11.5. The highest BCUT2D eigenvalue weighted by atomic mass is 79.9. The number of rotatable bonds is 3. The quantitative estimate of drug-likeness (QED) is 0.798. The Kier molecular flexibility index (Phi) is 3.87. The van der Waals surface area contributed by atoms with Gasteiger partial charge in [-0.25, -0.2) is 4.79 Å². The molecule has 4 heteroatoms. The third kappa shape index (κ3) is 2.64. The number of hydrogen-bond acceptors (Lipinski definition) is 3. The molecule has 0 N–H and O–H groups in total. The summed E-state index contributed by atoms with van der Waals surface area (Å²) >= 11 is 3.41. The first-order chi connectivity index (χ1) is 8.61. The van der Waals surface area contributed by atoms with Crippen LogP contribution in [-0.2, 0) is 4.74 Å². The molecular weight excluding hydrogens is 296 g/mol. The van der Waals surface area contributed by atoms with E-state index >= 15 is 0 Å². The van der Waals surface area contributed by atoms with Gasteiger partial charge in [0.2, 0.25) is 5.76 Å². The highest BCUT2D eigenvalue weighted by Crippen LogP contribution is 2.27. The molecule has 0 aliphatic rings. The molecule has 94 valence electrons. The number of benzene rings is 1. The predicted octanol–water partition coefficient (Wildman–Crippen LogP) is 4.19. The lowest BCUT2D eigenvalue weighted by atomic mass is 10.1. The Bertz CT molecular complexity index is 572. The van der Waals surface area contributed by atoms with Crippen LogP contribution in [0.1, 0.15) is 23.0 Å². The van der Waals surface area contributed by atoms with E-state index < -0.39 is 5.97 Å². The Morgan fingerprint density at radius 3 is 2.78 bits per heavy atom. The molecule has 2 rings (SSSR count). The molecule has 0 aliphatic heterocycles. The summed E-state index contributed by atoms with van der Waals surface area (Å²) in [7, 11) is 0.